The molecule has 1 amide bonds. The minimum Gasteiger partial charge on any atom is -0.381 e. The van der Waals surface area contributed by atoms with Crippen LogP contribution in [0.1, 0.15) is 38.5 Å². The zero-order chi connectivity index (χ0) is 17.4. The molecule has 1 unspecified atom stereocenters. The molecule has 1 spiro atoms. The standard InChI is InChI=1S/C16H23N3O4S/c1-3-4-6-16(17-18-16)7-5-14(20)19(2)13-12-24(21,22)15(13)8-10-23-11-9-15/h1,13H,4-12H2,2H3. The van der Waals surface area contributed by atoms with Gasteiger partial charge in [-0.15, -0.1) is 12.3 Å². The van der Waals surface area contributed by atoms with Crippen LogP contribution >= 0.6 is 0 Å². The molecule has 0 radical (unpaired) electrons. The monoisotopic (exact) mass is 353 g/mol. The molecule has 0 saturated carbocycles. The Kier molecular flexibility index (Phi) is 4.43. The number of rotatable bonds is 6. The molecular weight excluding hydrogens is 330 g/mol. The second-order valence-corrected chi connectivity index (χ2v) is 9.24. The number of terminal acetylenes is 1. The highest BCUT2D eigenvalue weighted by molar-refractivity contribution is 7.94. The third-order valence-corrected chi connectivity index (χ3v) is 8.27. The van der Waals surface area contributed by atoms with Crippen LogP contribution in [-0.4, -0.2) is 61.7 Å². The largest absolute Gasteiger partial charge is 0.381 e. The molecule has 2 saturated heterocycles. The van der Waals surface area contributed by atoms with E-state index in [9.17, 15) is 13.2 Å². The third-order valence-electron chi connectivity index (χ3n) is 5.60. The Bertz CT molecular complexity index is 683. The molecule has 3 heterocycles. The Morgan fingerprint density at radius 3 is 2.54 bits per heavy atom. The molecule has 0 bridgehead atoms. The van der Waals surface area contributed by atoms with Crippen molar-refractivity contribution in [1.82, 2.24) is 4.90 Å². The van der Waals surface area contributed by atoms with Crippen molar-refractivity contribution in [3.05, 3.63) is 0 Å². The Balaban J connectivity index is 1.59. The van der Waals surface area contributed by atoms with E-state index in [4.69, 9.17) is 11.2 Å². The van der Waals surface area contributed by atoms with Gasteiger partial charge in [0.05, 0.1) is 16.5 Å². The van der Waals surface area contributed by atoms with E-state index in [1.54, 1.807) is 11.9 Å². The van der Waals surface area contributed by atoms with Crippen molar-refractivity contribution < 1.29 is 17.9 Å². The second kappa shape index (κ2) is 6.12. The van der Waals surface area contributed by atoms with Crippen LogP contribution in [0.25, 0.3) is 0 Å². The van der Waals surface area contributed by atoms with Gasteiger partial charge in [0.2, 0.25) is 5.91 Å². The van der Waals surface area contributed by atoms with E-state index in [0.29, 0.717) is 51.7 Å². The average Bonchev–Trinajstić information content (AvgIpc) is 3.36. The zero-order valence-electron chi connectivity index (χ0n) is 13.9. The van der Waals surface area contributed by atoms with Gasteiger partial charge in [0.25, 0.3) is 0 Å². The predicted octanol–water partition coefficient (Wildman–Crippen LogP) is 1.15. The van der Waals surface area contributed by atoms with Gasteiger partial charge in [0.1, 0.15) is 0 Å². The number of carbonyl (C=O) groups is 1. The van der Waals surface area contributed by atoms with Gasteiger partial charge in [-0.05, 0) is 12.8 Å². The van der Waals surface area contributed by atoms with E-state index in [1.807, 2.05) is 0 Å². The maximum atomic E-state index is 12.5. The maximum absolute atomic E-state index is 12.5. The molecule has 0 aromatic rings. The van der Waals surface area contributed by atoms with Gasteiger partial charge in [0, 0.05) is 45.9 Å². The molecule has 2 fully saturated rings. The molecule has 132 valence electrons. The molecule has 7 nitrogen and oxygen atoms in total. The number of nitrogens with zero attached hydrogens (tertiary/aromatic N) is 3. The highest BCUT2D eigenvalue weighted by atomic mass is 32.2. The first-order valence-corrected chi connectivity index (χ1v) is 9.94. The van der Waals surface area contributed by atoms with Crippen LogP contribution in [0.3, 0.4) is 0 Å². The minimum absolute atomic E-state index is 0.0478. The predicted molar refractivity (Wildman–Crippen MR) is 88.0 cm³/mol. The molecular formula is C16H23N3O4S. The molecule has 0 aromatic carbocycles. The summed E-state index contributed by atoms with van der Waals surface area (Å²) in [6.07, 6.45) is 8.28. The van der Waals surface area contributed by atoms with Crippen LogP contribution in [0.15, 0.2) is 10.2 Å². The number of sulfone groups is 1. The maximum Gasteiger partial charge on any atom is 0.222 e. The lowest BCUT2D eigenvalue weighted by molar-refractivity contribution is -0.133. The van der Waals surface area contributed by atoms with Crippen molar-refractivity contribution in [2.75, 3.05) is 26.0 Å². The van der Waals surface area contributed by atoms with Crippen LogP contribution in [0.5, 0.6) is 0 Å². The smallest absolute Gasteiger partial charge is 0.222 e. The molecule has 8 heteroatoms. The third kappa shape index (κ3) is 2.84. The average molecular weight is 353 g/mol. The van der Waals surface area contributed by atoms with Crippen LogP contribution in [0.4, 0.5) is 0 Å². The van der Waals surface area contributed by atoms with Crippen molar-refractivity contribution in [2.24, 2.45) is 10.2 Å². The lowest BCUT2D eigenvalue weighted by atomic mass is 9.89. The van der Waals surface area contributed by atoms with Crippen LogP contribution in [0, 0.1) is 12.3 Å². The summed E-state index contributed by atoms with van der Waals surface area (Å²) in [6, 6.07) is -0.256. The summed E-state index contributed by atoms with van der Waals surface area (Å²) in [5.74, 6) is 2.56. The van der Waals surface area contributed by atoms with Crippen LogP contribution in [0.2, 0.25) is 0 Å². The van der Waals surface area contributed by atoms with E-state index in [1.165, 1.54) is 0 Å². The van der Waals surface area contributed by atoms with Crippen molar-refractivity contribution >= 4 is 15.7 Å². The van der Waals surface area contributed by atoms with E-state index in [2.05, 4.69) is 16.1 Å². The summed E-state index contributed by atoms with van der Waals surface area (Å²) in [4.78, 5) is 14.2. The first-order valence-electron chi connectivity index (χ1n) is 8.29. The topological polar surface area (TPSA) is 88.4 Å². The lowest BCUT2D eigenvalue weighted by Gasteiger charge is -2.53. The van der Waals surface area contributed by atoms with E-state index in [-0.39, 0.29) is 17.7 Å². The Morgan fingerprint density at radius 1 is 1.33 bits per heavy atom. The quantitative estimate of drug-likeness (QED) is 0.670. The summed E-state index contributed by atoms with van der Waals surface area (Å²) < 4.78 is 29.2. The van der Waals surface area contributed by atoms with Gasteiger partial charge in [0.15, 0.2) is 15.5 Å². The number of ether oxygens (including phenoxy) is 1. The molecule has 3 aliphatic rings. The van der Waals surface area contributed by atoms with Crippen LogP contribution in [-0.2, 0) is 19.4 Å². The molecule has 0 N–H and O–H groups in total. The molecule has 24 heavy (non-hydrogen) atoms. The minimum atomic E-state index is -3.15. The van der Waals surface area contributed by atoms with E-state index < -0.39 is 20.2 Å². The van der Waals surface area contributed by atoms with Gasteiger partial charge in [-0.3, -0.25) is 4.79 Å². The SMILES string of the molecule is C#CCCC1(CCC(=O)N(C)C2CS(=O)(=O)C23CCOCC3)N=N1. The zero-order valence-corrected chi connectivity index (χ0v) is 14.7. The summed E-state index contributed by atoms with van der Waals surface area (Å²) >= 11 is 0. The van der Waals surface area contributed by atoms with Gasteiger partial charge < -0.3 is 9.64 Å². The summed E-state index contributed by atoms with van der Waals surface area (Å²) in [7, 11) is -1.45. The Hall–Kier alpha value is -1.46. The first-order chi connectivity index (χ1) is 11.4. The van der Waals surface area contributed by atoms with E-state index in [0.717, 1.165) is 0 Å². The second-order valence-electron chi connectivity index (χ2n) is 6.87. The van der Waals surface area contributed by atoms with Gasteiger partial charge in [-0.1, -0.05) is 0 Å². The Morgan fingerprint density at radius 2 is 2.00 bits per heavy atom. The lowest BCUT2D eigenvalue weighted by Crippen LogP contribution is -2.71. The van der Waals surface area contributed by atoms with Crippen molar-refractivity contribution in [3.8, 4) is 12.3 Å². The highest BCUT2D eigenvalue weighted by Crippen LogP contribution is 2.45. The van der Waals surface area contributed by atoms with E-state index >= 15 is 0 Å². The summed E-state index contributed by atoms with van der Waals surface area (Å²) in [5, 5.41) is 8.07. The van der Waals surface area contributed by atoms with Gasteiger partial charge >= 0.3 is 0 Å². The number of hydrogen-bond donors (Lipinski definition) is 0. The molecule has 3 rings (SSSR count). The number of amides is 1. The summed E-state index contributed by atoms with van der Waals surface area (Å²) in [5.41, 5.74) is -0.481. The Labute approximate surface area is 142 Å². The fourth-order valence-electron chi connectivity index (χ4n) is 3.78. The normalized spacial score (nSPS) is 27.9. The van der Waals surface area contributed by atoms with Gasteiger partial charge in [-0.2, -0.15) is 10.2 Å². The molecule has 1 atom stereocenters. The molecule has 3 aliphatic heterocycles. The number of hydrogen-bond acceptors (Lipinski definition) is 6. The van der Waals surface area contributed by atoms with Crippen LogP contribution < -0.4 is 0 Å². The first kappa shape index (κ1) is 17.4. The molecule has 0 aliphatic carbocycles. The summed E-state index contributed by atoms with van der Waals surface area (Å²) in [6.45, 7) is 0.870. The van der Waals surface area contributed by atoms with Crippen molar-refractivity contribution in [3.63, 3.8) is 0 Å². The fraction of sp³-hybridized carbons (Fsp3) is 0.812. The molecule has 0 aromatic heterocycles. The fourth-order valence-corrected chi connectivity index (χ4v) is 6.22. The highest BCUT2D eigenvalue weighted by Gasteiger charge is 2.62. The van der Waals surface area contributed by atoms with Crippen molar-refractivity contribution in [1.29, 1.82) is 0 Å². The number of carbonyl (C=O) groups excluding carboxylic acids is 1. The van der Waals surface area contributed by atoms with Gasteiger partial charge in [-0.25, -0.2) is 8.42 Å². The van der Waals surface area contributed by atoms with Crippen molar-refractivity contribution in [2.45, 2.75) is 55.0 Å².